The zero-order chi connectivity index (χ0) is 19.0. The average Bonchev–Trinajstić information content (AvgIpc) is 2.81. The number of carbonyl (C=O) groups is 3. The van der Waals surface area contributed by atoms with Crippen molar-refractivity contribution in [1.82, 2.24) is 0 Å². The molecule has 1 N–H and O–H groups in total. The average molecular weight is 390 g/mol. The second-order valence-electron chi connectivity index (χ2n) is 5.56. The summed E-state index contributed by atoms with van der Waals surface area (Å²) in [5, 5.41) is 13.7. The Morgan fingerprint density at radius 2 is 1.69 bits per heavy atom. The first-order valence-corrected chi connectivity index (χ1v) is 8.18. The lowest BCUT2D eigenvalue weighted by atomic mass is 10.2. The first-order valence-electron chi connectivity index (χ1n) is 7.42. The minimum absolute atomic E-state index is 0.0133. The number of aryl methyl sites for hydroxylation is 1. The standard InChI is InChI=1S/C18H12Cl2N2O4/c1-9-2-5-11(19)8-13(9)22-16(23)14(20)15(17(22)24)21-12-6-3-10(4-7-12)18(25)26/h2-8,21H,1H3,(H,25,26)/p-1. The van der Waals surface area contributed by atoms with E-state index in [1.54, 1.807) is 19.1 Å². The maximum atomic E-state index is 12.7. The summed E-state index contributed by atoms with van der Waals surface area (Å²) >= 11 is 12.0. The number of rotatable bonds is 4. The number of halogens is 2. The van der Waals surface area contributed by atoms with Crippen LogP contribution in [0.4, 0.5) is 11.4 Å². The Hall–Kier alpha value is -2.83. The molecule has 3 rings (SSSR count). The zero-order valence-corrected chi connectivity index (χ0v) is 14.9. The van der Waals surface area contributed by atoms with Gasteiger partial charge in [-0.2, -0.15) is 0 Å². The molecule has 26 heavy (non-hydrogen) atoms. The van der Waals surface area contributed by atoms with E-state index in [1.165, 1.54) is 30.3 Å². The van der Waals surface area contributed by atoms with Gasteiger partial charge in [-0.25, -0.2) is 4.90 Å². The van der Waals surface area contributed by atoms with Gasteiger partial charge in [0.15, 0.2) is 0 Å². The van der Waals surface area contributed by atoms with Gasteiger partial charge in [0.05, 0.1) is 11.7 Å². The molecule has 0 radical (unpaired) electrons. The molecular weight excluding hydrogens is 379 g/mol. The fourth-order valence-electron chi connectivity index (χ4n) is 2.49. The Labute approximate surface area is 158 Å². The smallest absolute Gasteiger partial charge is 0.283 e. The minimum Gasteiger partial charge on any atom is -0.545 e. The molecule has 0 fully saturated rings. The van der Waals surface area contributed by atoms with Crippen molar-refractivity contribution in [1.29, 1.82) is 0 Å². The summed E-state index contributed by atoms with van der Waals surface area (Å²) < 4.78 is 0. The number of anilines is 2. The highest BCUT2D eigenvalue weighted by atomic mass is 35.5. The Balaban J connectivity index is 1.91. The summed E-state index contributed by atoms with van der Waals surface area (Å²) in [4.78, 5) is 36.9. The highest BCUT2D eigenvalue weighted by Gasteiger charge is 2.39. The van der Waals surface area contributed by atoms with Gasteiger partial charge in [-0.3, -0.25) is 9.59 Å². The normalized spacial score (nSPS) is 14.2. The molecule has 2 amide bonds. The van der Waals surface area contributed by atoms with E-state index in [9.17, 15) is 19.5 Å². The number of imide groups is 1. The Morgan fingerprint density at radius 3 is 2.31 bits per heavy atom. The quantitative estimate of drug-likeness (QED) is 0.811. The van der Waals surface area contributed by atoms with Gasteiger partial charge < -0.3 is 15.2 Å². The van der Waals surface area contributed by atoms with Crippen LogP contribution < -0.4 is 15.3 Å². The van der Waals surface area contributed by atoms with Crippen LogP contribution in [0.15, 0.2) is 53.2 Å². The highest BCUT2D eigenvalue weighted by molar-refractivity contribution is 6.53. The zero-order valence-electron chi connectivity index (χ0n) is 13.4. The number of aromatic carboxylic acids is 1. The van der Waals surface area contributed by atoms with E-state index < -0.39 is 17.8 Å². The second kappa shape index (κ2) is 6.82. The Morgan fingerprint density at radius 1 is 1.04 bits per heavy atom. The molecule has 1 aliphatic rings. The number of hydrogen-bond acceptors (Lipinski definition) is 5. The third-order valence-corrected chi connectivity index (χ3v) is 4.42. The molecule has 0 saturated heterocycles. The fraction of sp³-hybridized carbons (Fsp3) is 0.0556. The maximum absolute atomic E-state index is 12.7. The number of hydrogen-bond donors (Lipinski definition) is 1. The van der Waals surface area contributed by atoms with Crippen LogP contribution in [-0.4, -0.2) is 17.8 Å². The van der Waals surface area contributed by atoms with Crippen LogP contribution in [0.1, 0.15) is 15.9 Å². The van der Waals surface area contributed by atoms with E-state index in [-0.39, 0.29) is 16.3 Å². The Bertz CT molecular complexity index is 968. The molecule has 0 aromatic heterocycles. The lowest BCUT2D eigenvalue weighted by Gasteiger charge is -2.17. The van der Waals surface area contributed by atoms with Crippen molar-refractivity contribution in [2.75, 3.05) is 10.2 Å². The van der Waals surface area contributed by atoms with Crippen molar-refractivity contribution in [2.24, 2.45) is 0 Å². The first-order chi connectivity index (χ1) is 12.3. The van der Waals surface area contributed by atoms with Crippen LogP contribution in [0, 0.1) is 6.92 Å². The fourth-order valence-corrected chi connectivity index (χ4v) is 2.87. The van der Waals surface area contributed by atoms with Crippen molar-refractivity contribution < 1.29 is 19.5 Å². The summed E-state index contributed by atoms with van der Waals surface area (Å²) in [5.74, 6) is -2.62. The monoisotopic (exact) mass is 389 g/mol. The van der Waals surface area contributed by atoms with Crippen molar-refractivity contribution in [3.8, 4) is 0 Å². The van der Waals surface area contributed by atoms with Gasteiger partial charge in [0.1, 0.15) is 10.7 Å². The number of nitrogens with one attached hydrogen (secondary N) is 1. The van der Waals surface area contributed by atoms with Crippen molar-refractivity contribution in [3.05, 3.63) is 69.3 Å². The van der Waals surface area contributed by atoms with E-state index in [2.05, 4.69) is 5.32 Å². The van der Waals surface area contributed by atoms with Crippen LogP contribution in [0.2, 0.25) is 5.02 Å². The van der Waals surface area contributed by atoms with Crippen LogP contribution in [0.3, 0.4) is 0 Å². The number of benzene rings is 2. The third kappa shape index (κ3) is 3.16. The van der Waals surface area contributed by atoms with Crippen LogP contribution in [0.5, 0.6) is 0 Å². The number of carboxylic acid groups (broad SMARTS) is 1. The maximum Gasteiger partial charge on any atom is 0.283 e. The summed E-state index contributed by atoms with van der Waals surface area (Å²) in [7, 11) is 0. The molecule has 0 saturated carbocycles. The predicted octanol–water partition coefficient (Wildman–Crippen LogP) is 2.45. The van der Waals surface area contributed by atoms with Gasteiger partial charge in [-0.1, -0.05) is 41.4 Å². The molecule has 1 heterocycles. The molecule has 0 aliphatic carbocycles. The summed E-state index contributed by atoms with van der Waals surface area (Å²) in [6, 6.07) is 10.3. The largest absolute Gasteiger partial charge is 0.545 e. The molecule has 2 aromatic rings. The lowest BCUT2D eigenvalue weighted by Crippen LogP contribution is -2.32. The van der Waals surface area contributed by atoms with Crippen LogP contribution in [-0.2, 0) is 9.59 Å². The van der Waals surface area contributed by atoms with Gasteiger partial charge in [0.25, 0.3) is 11.8 Å². The number of nitrogens with zero attached hydrogens (tertiary/aromatic N) is 1. The topological polar surface area (TPSA) is 89.5 Å². The Kier molecular flexibility index (Phi) is 4.71. The molecular formula is C18H11Cl2N2O4-. The number of carboxylic acids is 1. The van der Waals surface area contributed by atoms with Gasteiger partial charge >= 0.3 is 0 Å². The summed E-state index contributed by atoms with van der Waals surface area (Å²) in [6.07, 6.45) is 0. The highest BCUT2D eigenvalue weighted by Crippen LogP contribution is 2.33. The number of amides is 2. The van der Waals surface area contributed by atoms with Crippen LogP contribution >= 0.6 is 23.2 Å². The molecule has 8 heteroatoms. The summed E-state index contributed by atoms with van der Waals surface area (Å²) in [6.45, 7) is 1.74. The lowest BCUT2D eigenvalue weighted by molar-refractivity contribution is -0.255. The predicted molar refractivity (Wildman–Crippen MR) is 96.0 cm³/mol. The third-order valence-electron chi connectivity index (χ3n) is 3.83. The SMILES string of the molecule is Cc1ccc(Cl)cc1N1C(=O)C(Cl)=C(Nc2ccc(C(=O)[O-])cc2)C1=O. The van der Waals surface area contributed by atoms with E-state index in [0.717, 1.165) is 4.90 Å². The molecule has 0 unspecified atom stereocenters. The van der Waals surface area contributed by atoms with E-state index in [4.69, 9.17) is 23.2 Å². The van der Waals surface area contributed by atoms with Gasteiger partial charge in [-0.05, 0) is 42.3 Å². The van der Waals surface area contributed by atoms with Crippen molar-refractivity contribution in [3.63, 3.8) is 0 Å². The minimum atomic E-state index is -1.32. The molecule has 0 atom stereocenters. The van der Waals surface area contributed by atoms with Gasteiger partial charge in [-0.15, -0.1) is 0 Å². The van der Waals surface area contributed by atoms with E-state index >= 15 is 0 Å². The molecule has 0 spiro atoms. The van der Waals surface area contributed by atoms with Crippen molar-refractivity contribution in [2.45, 2.75) is 6.92 Å². The molecule has 6 nitrogen and oxygen atoms in total. The van der Waals surface area contributed by atoms with Gasteiger partial charge in [0, 0.05) is 10.7 Å². The van der Waals surface area contributed by atoms with Crippen molar-refractivity contribution >= 4 is 52.4 Å². The first kappa shape index (κ1) is 18.0. The second-order valence-corrected chi connectivity index (χ2v) is 6.37. The molecule has 0 bridgehead atoms. The van der Waals surface area contributed by atoms with Crippen LogP contribution in [0.25, 0.3) is 0 Å². The summed E-state index contributed by atoms with van der Waals surface area (Å²) in [5.41, 5.74) is 1.31. The van der Waals surface area contributed by atoms with E-state index in [1.807, 2.05) is 0 Å². The van der Waals surface area contributed by atoms with Gasteiger partial charge in [0.2, 0.25) is 0 Å². The molecule has 2 aromatic carbocycles. The molecule has 132 valence electrons. The number of carbonyl (C=O) groups excluding carboxylic acids is 3. The molecule has 1 aliphatic heterocycles. The van der Waals surface area contributed by atoms with E-state index in [0.29, 0.717) is 22.0 Å².